The lowest BCUT2D eigenvalue weighted by molar-refractivity contribution is -0.131. The van der Waals surface area contributed by atoms with Crippen LogP contribution in [0.2, 0.25) is 0 Å². The van der Waals surface area contributed by atoms with E-state index in [0.717, 1.165) is 17.2 Å². The summed E-state index contributed by atoms with van der Waals surface area (Å²) >= 11 is 0. The van der Waals surface area contributed by atoms with Crippen LogP contribution in [0.15, 0.2) is 30.3 Å². The van der Waals surface area contributed by atoms with Crippen LogP contribution in [0, 0.1) is 0 Å². The Kier molecular flexibility index (Phi) is 6.76. The highest BCUT2D eigenvalue weighted by molar-refractivity contribution is 5.85. The zero-order valence-electron chi connectivity index (χ0n) is 10.5. The summed E-state index contributed by atoms with van der Waals surface area (Å²) in [5.41, 5.74) is 1.82. The predicted octanol–water partition coefficient (Wildman–Crippen LogP) is 2.34. The van der Waals surface area contributed by atoms with E-state index in [1.54, 1.807) is 6.08 Å². The van der Waals surface area contributed by atoms with E-state index in [9.17, 15) is 4.79 Å². The highest BCUT2D eigenvalue weighted by atomic mass is 16.5. The molecule has 0 saturated heterocycles. The Hall–Kier alpha value is -1.65. The monoisotopic (exact) mass is 250 g/mol. The van der Waals surface area contributed by atoms with Gasteiger partial charge in [-0.15, -0.1) is 0 Å². The van der Waals surface area contributed by atoms with Crippen molar-refractivity contribution in [2.75, 3.05) is 19.8 Å². The first-order chi connectivity index (χ1) is 8.74. The van der Waals surface area contributed by atoms with Crippen LogP contribution in [-0.4, -0.2) is 30.9 Å². The van der Waals surface area contributed by atoms with Gasteiger partial charge >= 0.3 is 5.97 Å². The maximum absolute atomic E-state index is 10.5. The number of benzene rings is 1. The van der Waals surface area contributed by atoms with Gasteiger partial charge in [0.05, 0.1) is 19.8 Å². The van der Waals surface area contributed by atoms with Gasteiger partial charge in [0.1, 0.15) is 0 Å². The van der Waals surface area contributed by atoms with Crippen molar-refractivity contribution in [2.45, 2.75) is 13.5 Å². The molecular formula is C14H18O4. The maximum Gasteiger partial charge on any atom is 0.328 e. The summed E-state index contributed by atoms with van der Waals surface area (Å²) < 4.78 is 10.6. The molecule has 0 amide bonds. The third-order valence-corrected chi connectivity index (χ3v) is 2.29. The molecule has 0 fully saturated rings. The van der Waals surface area contributed by atoms with E-state index in [-0.39, 0.29) is 0 Å². The Bertz CT molecular complexity index is 399. The van der Waals surface area contributed by atoms with Crippen LogP contribution in [0.3, 0.4) is 0 Å². The van der Waals surface area contributed by atoms with Crippen molar-refractivity contribution in [3.05, 3.63) is 41.5 Å². The molecule has 18 heavy (non-hydrogen) atoms. The van der Waals surface area contributed by atoms with Crippen molar-refractivity contribution in [3.8, 4) is 0 Å². The highest BCUT2D eigenvalue weighted by Crippen LogP contribution is 2.12. The van der Waals surface area contributed by atoms with Gasteiger partial charge in [0.15, 0.2) is 0 Å². The Morgan fingerprint density at radius 2 is 2.00 bits per heavy atom. The van der Waals surface area contributed by atoms with E-state index in [0.29, 0.717) is 26.4 Å². The Balaban J connectivity index is 2.51. The lowest BCUT2D eigenvalue weighted by Gasteiger charge is -2.07. The molecule has 4 nitrogen and oxygen atoms in total. The van der Waals surface area contributed by atoms with Gasteiger partial charge in [-0.2, -0.15) is 0 Å². The molecule has 0 radical (unpaired) electrons. The number of ether oxygens (including phenoxy) is 2. The number of carboxylic acids is 1. The summed E-state index contributed by atoms with van der Waals surface area (Å²) in [5, 5.41) is 8.60. The van der Waals surface area contributed by atoms with Crippen molar-refractivity contribution in [1.29, 1.82) is 0 Å². The minimum Gasteiger partial charge on any atom is -0.478 e. The molecule has 0 spiro atoms. The second-order valence-corrected chi connectivity index (χ2v) is 3.62. The Morgan fingerprint density at radius 1 is 1.28 bits per heavy atom. The van der Waals surface area contributed by atoms with Gasteiger partial charge in [0.25, 0.3) is 0 Å². The number of aliphatic carboxylic acids is 1. The second-order valence-electron chi connectivity index (χ2n) is 3.62. The van der Waals surface area contributed by atoms with E-state index in [1.807, 2.05) is 31.2 Å². The molecule has 0 saturated carbocycles. The van der Waals surface area contributed by atoms with Crippen LogP contribution in [0.25, 0.3) is 6.08 Å². The zero-order chi connectivity index (χ0) is 13.2. The summed E-state index contributed by atoms with van der Waals surface area (Å²) in [4.78, 5) is 10.5. The lowest BCUT2D eigenvalue weighted by atomic mass is 10.1. The normalized spacial score (nSPS) is 10.9. The van der Waals surface area contributed by atoms with Crippen LogP contribution in [0.4, 0.5) is 0 Å². The van der Waals surface area contributed by atoms with Crippen molar-refractivity contribution >= 4 is 12.0 Å². The van der Waals surface area contributed by atoms with Gasteiger partial charge in [0.2, 0.25) is 0 Å². The molecule has 0 heterocycles. The first-order valence-corrected chi connectivity index (χ1v) is 5.88. The number of carbonyl (C=O) groups is 1. The third-order valence-electron chi connectivity index (χ3n) is 2.29. The number of carboxylic acid groups (broad SMARTS) is 1. The lowest BCUT2D eigenvalue weighted by Crippen LogP contribution is -2.04. The molecule has 1 N–H and O–H groups in total. The second kappa shape index (κ2) is 8.44. The summed E-state index contributed by atoms with van der Waals surface area (Å²) in [7, 11) is 0. The van der Waals surface area contributed by atoms with Gasteiger partial charge in [0, 0.05) is 12.7 Å². The molecule has 0 atom stereocenters. The van der Waals surface area contributed by atoms with Crippen LogP contribution in [0.5, 0.6) is 0 Å². The molecule has 4 heteroatoms. The van der Waals surface area contributed by atoms with E-state index in [4.69, 9.17) is 14.6 Å². The van der Waals surface area contributed by atoms with Gasteiger partial charge in [-0.3, -0.25) is 0 Å². The smallest absolute Gasteiger partial charge is 0.328 e. The van der Waals surface area contributed by atoms with Crippen LogP contribution < -0.4 is 0 Å². The van der Waals surface area contributed by atoms with Crippen molar-refractivity contribution in [1.82, 2.24) is 0 Å². The first-order valence-electron chi connectivity index (χ1n) is 5.88. The summed E-state index contributed by atoms with van der Waals surface area (Å²) in [5.74, 6) is -0.956. The van der Waals surface area contributed by atoms with Crippen molar-refractivity contribution < 1.29 is 19.4 Å². The fraction of sp³-hybridized carbons (Fsp3) is 0.357. The molecule has 1 aromatic carbocycles. The average Bonchev–Trinajstić information content (AvgIpc) is 2.37. The summed E-state index contributed by atoms with van der Waals surface area (Å²) in [6.45, 7) is 4.18. The van der Waals surface area contributed by atoms with E-state index in [2.05, 4.69) is 0 Å². The number of rotatable bonds is 8. The van der Waals surface area contributed by atoms with Crippen molar-refractivity contribution in [3.63, 3.8) is 0 Å². The van der Waals surface area contributed by atoms with Crippen LogP contribution in [-0.2, 0) is 20.9 Å². The molecule has 0 unspecified atom stereocenters. The van der Waals surface area contributed by atoms with Crippen LogP contribution in [0.1, 0.15) is 18.1 Å². The Morgan fingerprint density at radius 3 is 2.72 bits per heavy atom. The zero-order valence-corrected chi connectivity index (χ0v) is 10.5. The minimum absolute atomic E-state index is 0.452. The molecule has 0 bridgehead atoms. The topological polar surface area (TPSA) is 55.8 Å². The summed E-state index contributed by atoms with van der Waals surface area (Å²) in [6.07, 6.45) is 2.70. The van der Waals surface area contributed by atoms with Gasteiger partial charge in [-0.1, -0.05) is 24.3 Å². The quantitative estimate of drug-likeness (QED) is 0.568. The molecule has 0 aliphatic rings. The van der Waals surface area contributed by atoms with Gasteiger partial charge in [-0.05, 0) is 24.1 Å². The fourth-order valence-corrected chi connectivity index (χ4v) is 1.43. The van der Waals surface area contributed by atoms with E-state index in [1.165, 1.54) is 0 Å². The van der Waals surface area contributed by atoms with Crippen molar-refractivity contribution in [2.24, 2.45) is 0 Å². The SMILES string of the molecule is CCOCCOCc1ccccc1C=CC(=O)O. The largest absolute Gasteiger partial charge is 0.478 e. The predicted molar refractivity (Wildman–Crippen MR) is 69.3 cm³/mol. The number of hydrogen-bond donors (Lipinski definition) is 1. The Labute approximate surface area is 107 Å². The number of hydrogen-bond acceptors (Lipinski definition) is 3. The molecule has 1 rings (SSSR count). The minimum atomic E-state index is -0.956. The molecular weight excluding hydrogens is 232 g/mol. The van der Waals surface area contributed by atoms with Gasteiger partial charge < -0.3 is 14.6 Å². The summed E-state index contributed by atoms with van der Waals surface area (Å²) in [6, 6.07) is 7.55. The molecule has 0 aliphatic heterocycles. The molecule has 0 aromatic heterocycles. The molecule has 98 valence electrons. The maximum atomic E-state index is 10.5. The van der Waals surface area contributed by atoms with Crippen LogP contribution >= 0.6 is 0 Å². The third kappa shape index (κ3) is 5.61. The van der Waals surface area contributed by atoms with Gasteiger partial charge in [-0.25, -0.2) is 4.79 Å². The van der Waals surface area contributed by atoms with E-state index >= 15 is 0 Å². The fourth-order valence-electron chi connectivity index (χ4n) is 1.43. The average molecular weight is 250 g/mol. The highest BCUT2D eigenvalue weighted by Gasteiger charge is 1.99. The van der Waals surface area contributed by atoms with E-state index < -0.39 is 5.97 Å². The standard InChI is InChI=1S/C14H18O4/c1-2-17-9-10-18-11-13-6-4-3-5-12(13)7-8-14(15)16/h3-8H,2,9-11H2,1H3,(H,15,16). The molecule has 0 aliphatic carbocycles. The molecule has 1 aromatic rings. The first kappa shape index (κ1) is 14.4.